The number of piperidine rings is 1. The molecule has 0 radical (unpaired) electrons. The number of hydrogen-bond acceptors (Lipinski definition) is 7. The van der Waals surface area contributed by atoms with Gasteiger partial charge in [0.15, 0.2) is 0 Å². The summed E-state index contributed by atoms with van der Waals surface area (Å²) in [5.41, 5.74) is 12.7. The van der Waals surface area contributed by atoms with Gasteiger partial charge in [0.25, 0.3) is 5.91 Å². The van der Waals surface area contributed by atoms with Crippen molar-refractivity contribution in [3.8, 4) is 0 Å². The number of amides is 1. The molecule has 9 nitrogen and oxygen atoms in total. The van der Waals surface area contributed by atoms with Crippen LogP contribution in [0.4, 0.5) is 0 Å². The topological polar surface area (TPSA) is 134 Å². The summed E-state index contributed by atoms with van der Waals surface area (Å²) in [5.74, 6) is 0.656. The van der Waals surface area contributed by atoms with Crippen molar-refractivity contribution in [1.29, 1.82) is 0 Å². The lowest BCUT2D eigenvalue weighted by Crippen LogP contribution is -2.49. The highest BCUT2D eigenvalue weighted by Gasteiger charge is 2.34. The molecule has 1 saturated heterocycles. The van der Waals surface area contributed by atoms with Gasteiger partial charge in [-0.2, -0.15) is 0 Å². The van der Waals surface area contributed by atoms with Gasteiger partial charge in [0, 0.05) is 43.1 Å². The number of carbonyl (C=O) groups excluding carboxylic acids is 1. The van der Waals surface area contributed by atoms with Gasteiger partial charge in [0.1, 0.15) is 11.7 Å². The first-order valence-electron chi connectivity index (χ1n) is 10.4. The van der Waals surface area contributed by atoms with Crippen molar-refractivity contribution < 1.29 is 13.2 Å². The number of aliphatic imine (C=N–C) groups is 1. The molecule has 30 heavy (non-hydrogen) atoms. The first-order chi connectivity index (χ1) is 14.2. The molecule has 0 aromatic carbocycles. The Hall–Kier alpha value is -2.33. The van der Waals surface area contributed by atoms with Crippen LogP contribution in [0.5, 0.6) is 0 Å². The van der Waals surface area contributed by atoms with Gasteiger partial charge in [0.05, 0.1) is 11.8 Å². The highest BCUT2D eigenvalue weighted by Crippen LogP contribution is 2.28. The van der Waals surface area contributed by atoms with Crippen LogP contribution in [0.1, 0.15) is 44.9 Å². The second-order valence-electron chi connectivity index (χ2n) is 8.14. The van der Waals surface area contributed by atoms with E-state index in [1.807, 2.05) is 0 Å². The lowest BCUT2D eigenvalue weighted by molar-refractivity contribution is -0.124. The molecule has 0 unspecified atom stereocenters. The van der Waals surface area contributed by atoms with Crippen molar-refractivity contribution in [2.24, 2.45) is 16.5 Å². The molecule has 166 valence electrons. The van der Waals surface area contributed by atoms with E-state index in [-0.39, 0.29) is 18.0 Å². The van der Waals surface area contributed by atoms with E-state index in [0.717, 1.165) is 25.7 Å². The average molecular weight is 437 g/mol. The number of nitrogens with one attached hydrogen (secondary N) is 1. The molecular weight excluding hydrogens is 404 g/mol. The highest BCUT2D eigenvalue weighted by atomic mass is 32.2. The zero-order valence-electron chi connectivity index (χ0n) is 17.5. The molecule has 0 aromatic rings. The average Bonchev–Trinajstić information content (AvgIpc) is 2.68. The SMILES string of the molecule is C=C(/N=C1\C(=C/N)C(N)=CC(=O)N1C1CCCCC1)NC1CCN(S(C)(=O)=O)CC1. The quantitative estimate of drug-likeness (QED) is 0.582. The number of nitrogens with zero attached hydrogens (tertiary/aromatic N) is 3. The number of amidine groups is 1. The molecule has 0 aromatic heterocycles. The van der Waals surface area contributed by atoms with Crippen LogP contribution in [-0.2, 0) is 14.8 Å². The Morgan fingerprint density at radius 1 is 1.23 bits per heavy atom. The minimum absolute atomic E-state index is 0.0560. The van der Waals surface area contributed by atoms with Crippen LogP contribution in [0, 0.1) is 0 Å². The molecular formula is C20H32N6O3S. The molecule has 0 bridgehead atoms. The van der Waals surface area contributed by atoms with E-state index >= 15 is 0 Å². The summed E-state index contributed by atoms with van der Waals surface area (Å²) in [4.78, 5) is 19.1. The zero-order chi connectivity index (χ0) is 21.9. The van der Waals surface area contributed by atoms with E-state index in [0.29, 0.717) is 48.9 Å². The fourth-order valence-electron chi connectivity index (χ4n) is 4.35. The Kier molecular flexibility index (Phi) is 6.87. The molecule has 2 aliphatic heterocycles. The molecule has 2 heterocycles. The van der Waals surface area contributed by atoms with Crippen LogP contribution >= 0.6 is 0 Å². The van der Waals surface area contributed by atoms with Crippen molar-refractivity contribution in [2.75, 3.05) is 19.3 Å². The summed E-state index contributed by atoms with van der Waals surface area (Å²) in [7, 11) is -3.17. The summed E-state index contributed by atoms with van der Waals surface area (Å²) in [6.45, 7) is 4.92. The number of hydrogen-bond donors (Lipinski definition) is 3. The van der Waals surface area contributed by atoms with Crippen molar-refractivity contribution in [3.05, 3.63) is 35.9 Å². The lowest BCUT2D eigenvalue weighted by Gasteiger charge is -2.37. The molecule has 2 fully saturated rings. The largest absolute Gasteiger partial charge is 0.404 e. The lowest BCUT2D eigenvalue weighted by atomic mass is 9.92. The third-order valence-corrected chi connectivity index (χ3v) is 7.24. The molecule has 5 N–H and O–H groups in total. The first-order valence-corrected chi connectivity index (χ1v) is 12.3. The van der Waals surface area contributed by atoms with E-state index in [1.54, 1.807) is 4.90 Å². The monoisotopic (exact) mass is 436 g/mol. The standard InChI is InChI=1S/C20H32N6O3S/c1-14(23-15-8-10-25(11-9-15)30(2,28)29)24-20-17(13-21)18(22)12-19(27)26(20)16-6-4-3-5-7-16/h12-13,15-16,23H,1,3-11,21-22H2,2H3/b17-13-,24-20+. The summed E-state index contributed by atoms with van der Waals surface area (Å²) < 4.78 is 24.9. The van der Waals surface area contributed by atoms with Crippen LogP contribution in [0.15, 0.2) is 40.9 Å². The minimum atomic E-state index is -3.17. The summed E-state index contributed by atoms with van der Waals surface area (Å²) in [5, 5.41) is 3.27. The Bertz CT molecular complexity index is 878. The minimum Gasteiger partial charge on any atom is -0.404 e. The fraction of sp³-hybridized carbons (Fsp3) is 0.600. The number of rotatable bonds is 5. The van der Waals surface area contributed by atoms with Gasteiger partial charge in [-0.25, -0.2) is 17.7 Å². The maximum Gasteiger partial charge on any atom is 0.254 e. The third-order valence-electron chi connectivity index (χ3n) is 5.94. The van der Waals surface area contributed by atoms with Crippen molar-refractivity contribution in [3.63, 3.8) is 0 Å². The van der Waals surface area contributed by atoms with Gasteiger partial charge in [-0.3, -0.25) is 9.69 Å². The third kappa shape index (κ3) is 5.04. The van der Waals surface area contributed by atoms with Crippen LogP contribution in [-0.4, -0.2) is 60.8 Å². The van der Waals surface area contributed by atoms with Crippen molar-refractivity contribution in [2.45, 2.75) is 57.0 Å². The second-order valence-corrected chi connectivity index (χ2v) is 10.1. The Morgan fingerprint density at radius 3 is 2.43 bits per heavy atom. The Balaban J connectivity index is 1.76. The molecule has 3 aliphatic rings. The zero-order valence-corrected chi connectivity index (χ0v) is 18.3. The number of sulfonamides is 1. The fourth-order valence-corrected chi connectivity index (χ4v) is 5.22. The van der Waals surface area contributed by atoms with E-state index in [9.17, 15) is 13.2 Å². The van der Waals surface area contributed by atoms with Gasteiger partial charge in [-0.1, -0.05) is 25.8 Å². The predicted octanol–water partition coefficient (Wildman–Crippen LogP) is 0.730. The number of nitrogens with two attached hydrogens (primary N) is 2. The molecule has 0 spiro atoms. The molecule has 0 atom stereocenters. The van der Waals surface area contributed by atoms with E-state index in [4.69, 9.17) is 11.5 Å². The molecule has 3 rings (SSSR count). The smallest absolute Gasteiger partial charge is 0.254 e. The normalized spacial score (nSPS) is 25.6. The predicted molar refractivity (Wildman–Crippen MR) is 117 cm³/mol. The van der Waals surface area contributed by atoms with Gasteiger partial charge in [-0.15, -0.1) is 0 Å². The van der Waals surface area contributed by atoms with Gasteiger partial charge in [-0.05, 0) is 25.7 Å². The van der Waals surface area contributed by atoms with Crippen molar-refractivity contribution in [1.82, 2.24) is 14.5 Å². The van der Waals surface area contributed by atoms with Gasteiger partial charge >= 0.3 is 0 Å². The van der Waals surface area contributed by atoms with Crippen LogP contribution in [0.3, 0.4) is 0 Å². The molecule has 1 saturated carbocycles. The van der Waals surface area contributed by atoms with E-state index in [1.165, 1.54) is 29.3 Å². The Morgan fingerprint density at radius 2 is 1.87 bits per heavy atom. The van der Waals surface area contributed by atoms with Crippen LogP contribution < -0.4 is 16.8 Å². The van der Waals surface area contributed by atoms with Gasteiger partial charge < -0.3 is 16.8 Å². The number of carbonyl (C=O) groups is 1. The second kappa shape index (κ2) is 9.22. The van der Waals surface area contributed by atoms with E-state index in [2.05, 4.69) is 16.9 Å². The maximum absolute atomic E-state index is 12.8. The van der Waals surface area contributed by atoms with Gasteiger partial charge in [0.2, 0.25) is 10.0 Å². The molecule has 1 amide bonds. The van der Waals surface area contributed by atoms with Crippen LogP contribution in [0.25, 0.3) is 0 Å². The summed E-state index contributed by atoms with van der Waals surface area (Å²) in [6, 6.07) is 0.121. The Labute approximate surface area is 178 Å². The van der Waals surface area contributed by atoms with Crippen molar-refractivity contribution >= 4 is 21.8 Å². The maximum atomic E-state index is 12.8. The van der Waals surface area contributed by atoms with Crippen LogP contribution in [0.2, 0.25) is 0 Å². The van der Waals surface area contributed by atoms with E-state index < -0.39 is 10.0 Å². The summed E-state index contributed by atoms with van der Waals surface area (Å²) >= 11 is 0. The highest BCUT2D eigenvalue weighted by molar-refractivity contribution is 7.88. The molecule has 1 aliphatic carbocycles. The molecule has 10 heteroatoms. The summed E-state index contributed by atoms with van der Waals surface area (Å²) in [6.07, 6.45) is 10.5. The first kappa shape index (κ1) is 22.4.